The van der Waals surface area contributed by atoms with E-state index in [0.717, 1.165) is 43.4 Å². The van der Waals surface area contributed by atoms with Gasteiger partial charge in [0.05, 0.1) is 12.1 Å². The largest absolute Gasteiger partial charge is 0.416 e. The van der Waals surface area contributed by atoms with Crippen LogP contribution in [0.25, 0.3) is 0 Å². The van der Waals surface area contributed by atoms with Crippen molar-refractivity contribution in [2.24, 2.45) is 4.99 Å². The summed E-state index contributed by atoms with van der Waals surface area (Å²) in [5, 5.41) is 3.19. The second-order valence-electron chi connectivity index (χ2n) is 6.28. The quantitative estimate of drug-likeness (QED) is 0.417. The maximum atomic E-state index is 13.0. The standard InChI is InChI=1S/C17H24F3N3.HI/c1-4-21-15(23(2)3)22-12-16(9-6-10-16)13-7-5-8-14(11-13)17(18,19)20;/h5,7-8,11H,4,6,9-10,12H2,1-3H3,(H,21,22);1H. The van der Waals surface area contributed by atoms with Crippen LogP contribution in [0.1, 0.15) is 37.3 Å². The van der Waals surface area contributed by atoms with Crippen molar-refractivity contribution in [3.63, 3.8) is 0 Å². The van der Waals surface area contributed by atoms with E-state index in [1.165, 1.54) is 12.1 Å². The third kappa shape index (κ3) is 4.77. The molecule has 0 unspecified atom stereocenters. The molecule has 1 N–H and O–H groups in total. The minimum absolute atomic E-state index is 0. The SMILES string of the molecule is CCNC(=NCC1(c2cccc(C(F)(F)F)c2)CCC1)N(C)C.I. The summed E-state index contributed by atoms with van der Waals surface area (Å²) in [6, 6.07) is 5.71. The number of halogens is 4. The zero-order valence-electron chi connectivity index (χ0n) is 14.3. The van der Waals surface area contributed by atoms with E-state index < -0.39 is 11.7 Å². The van der Waals surface area contributed by atoms with Gasteiger partial charge in [-0.1, -0.05) is 24.6 Å². The van der Waals surface area contributed by atoms with Gasteiger partial charge in [0.15, 0.2) is 5.96 Å². The highest BCUT2D eigenvalue weighted by atomic mass is 127. The van der Waals surface area contributed by atoms with Crippen molar-refractivity contribution in [2.75, 3.05) is 27.2 Å². The van der Waals surface area contributed by atoms with Gasteiger partial charge in [0.25, 0.3) is 0 Å². The first kappa shape index (κ1) is 21.1. The van der Waals surface area contributed by atoms with Gasteiger partial charge in [-0.3, -0.25) is 4.99 Å². The summed E-state index contributed by atoms with van der Waals surface area (Å²) in [6.07, 6.45) is -1.51. The van der Waals surface area contributed by atoms with Gasteiger partial charge in [0, 0.05) is 26.1 Å². The molecule has 1 fully saturated rings. The summed E-state index contributed by atoms with van der Waals surface area (Å²) in [5.74, 6) is 0.769. The Hall–Kier alpha value is -0.990. The molecule has 2 rings (SSSR count). The lowest BCUT2D eigenvalue weighted by Gasteiger charge is -2.42. The van der Waals surface area contributed by atoms with Gasteiger partial charge in [-0.05, 0) is 31.4 Å². The van der Waals surface area contributed by atoms with Gasteiger partial charge in [0.1, 0.15) is 0 Å². The number of nitrogens with one attached hydrogen (secondary N) is 1. The van der Waals surface area contributed by atoms with Crippen LogP contribution in [0.5, 0.6) is 0 Å². The van der Waals surface area contributed by atoms with Crippen LogP contribution in [0.15, 0.2) is 29.3 Å². The second kappa shape index (κ2) is 8.40. The molecule has 0 bridgehead atoms. The number of rotatable bonds is 4. The highest BCUT2D eigenvalue weighted by Gasteiger charge is 2.40. The Morgan fingerprint density at radius 2 is 1.96 bits per heavy atom. The van der Waals surface area contributed by atoms with E-state index in [1.807, 2.05) is 25.9 Å². The van der Waals surface area contributed by atoms with Crippen molar-refractivity contribution in [3.05, 3.63) is 35.4 Å². The Balaban J connectivity index is 0.00000288. The molecule has 1 aliphatic carbocycles. The summed E-state index contributed by atoms with van der Waals surface area (Å²) < 4.78 is 38.9. The van der Waals surface area contributed by atoms with Gasteiger partial charge < -0.3 is 10.2 Å². The lowest BCUT2D eigenvalue weighted by atomic mass is 9.64. The third-order valence-electron chi connectivity index (χ3n) is 4.40. The molecule has 0 saturated heterocycles. The van der Waals surface area contributed by atoms with Crippen molar-refractivity contribution in [1.29, 1.82) is 0 Å². The van der Waals surface area contributed by atoms with Crippen LogP contribution in [0, 0.1) is 0 Å². The Morgan fingerprint density at radius 3 is 2.42 bits per heavy atom. The molecule has 0 aromatic heterocycles. The lowest BCUT2D eigenvalue weighted by Crippen LogP contribution is -2.41. The fourth-order valence-corrected chi connectivity index (χ4v) is 2.91. The lowest BCUT2D eigenvalue weighted by molar-refractivity contribution is -0.137. The van der Waals surface area contributed by atoms with Gasteiger partial charge in [0.2, 0.25) is 0 Å². The first-order valence-electron chi connectivity index (χ1n) is 7.92. The first-order chi connectivity index (χ1) is 10.8. The molecule has 0 amide bonds. The van der Waals surface area contributed by atoms with Crippen LogP contribution in [0.3, 0.4) is 0 Å². The van der Waals surface area contributed by atoms with Gasteiger partial charge in [-0.15, -0.1) is 24.0 Å². The van der Waals surface area contributed by atoms with Crippen LogP contribution in [0.2, 0.25) is 0 Å². The first-order valence-corrected chi connectivity index (χ1v) is 7.92. The van der Waals surface area contributed by atoms with Crippen LogP contribution in [-0.2, 0) is 11.6 Å². The van der Waals surface area contributed by atoms with Gasteiger partial charge >= 0.3 is 6.18 Å². The Kier molecular flexibility index (Phi) is 7.37. The summed E-state index contributed by atoms with van der Waals surface area (Å²) in [7, 11) is 3.80. The zero-order chi connectivity index (χ0) is 17.1. The molecule has 1 saturated carbocycles. The van der Waals surface area contributed by atoms with Crippen LogP contribution >= 0.6 is 24.0 Å². The van der Waals surface area contributed by atoms with Gasteiger partial charge in [-0.25, -0.2) is 0 Å². The van der Waals surface area contributed by atoms with Crippen LogP contribution in [-0.4, -0.2) is 38.0 Å². The third-order valence-corrected chi connectivity index (χ3v) is 4.40. The molecule has 0 aliphatic heterocycles. The molecule has 1 aromatic rings. The normalized spacial score (nSPS) is 16.8. The Labute approximate surface area is 158 Å². The highest BCUT2D eigenvalue weighted by molar-refractivity contribution is 14.0. The summed E-state index contributed by atoms with van der Waals surface area (Å²) in [5.41, 5.74) is -0.0977. The molecule has 0 heterocycles. The number of hydrogen-bond donors (Lipinski definition) is 1. The molecular weight excluding hydrogens is 430 g/mol. The van der Waals surface area contributed by atoms with Crippen molar-refractivity contribution in [3.8, 4) is 0 Å². The van der Waals surface area contributed by atoms with Crippen molar-refractivity contribution in [2.45, 2.75) is 37.8 Å². The molecule has 24 heavy (non-hydrogen) atoms. The number of benzene rings is 1. The van der Waals surface area contributed by atoms with E-state index in [-0.39, 0.29) is 29.4 Å². The Morgan fingerprint density at radius 1 is 1.29 bits per heavy atom. The average Bonchev–Trinajstić information content (AvgIpc) is 2.44. The molecule has 0 spiro atoms. The highest BCUT2D eigenvalue weighted by Crippen LogP contribution is 2.45. The zero-order valence-corrected chi connectivity index (χ0v) is 16.6. The molecular formula is C17H25F3IN3. The van der Waals surface area contributed by atoms with E-state index in [2.05, 4.69) is 10.3 Å². The maximum Gasteiger partial charge on any atom is 0.416 e. The number of aliphatic imine (C=N–C) groups is 1. The van der Waals surface area contributed by atoms with E-state index in [4.69, 9.17) is 0 Å². The molecule has 3 nitrogen and oxygen atoms in total. The summed E-state index contributed by atoms with van der Waals surface area (Å²) in [4.78, 5) is 6.52. The molecule has 1 aromatic carbocycles. The number of nitrogens with zero attached hydrogens (tertiary/aromatic N) is 2. The molecule has 7 heteroatoms. The maximum absolute atomic E-state index is 13.0. The molecule has 136 valence electrons. The predicted molar refractivity (Wildman–Crippen MR) is 102 cm³/mol. The Bertz CT molecular complexity index is 566. The monoisotopic (exact) mass is 455 g/mol. The van der Waals surface area contributed by atoms with Gasteiger partial charge in [-0.2, -0.15) is 13.2 Å². The van der Waals surface area contributed by atoms with E-state index in [9.17, 15) is 13.2 Å². The van der Waals surface area contributed by atoms with Crippen molar-refractivity contribution in [1.82, 2.24) is 10.2 Å². The van der Waals surface area contributed by atoms with Crippen molar-refractivity contribution >= 4 is 29.9 Å². The van der Waals surface area contributed by atoms with E-state index in [1.54, 1.807) is 6.07 Å². The van der Waals surface area contributed by atoms with E-state index in [0.29, 0.717) is 6.54 Å². The second-order valence-corrected chi connectivity index (χ2v) is 6.28. The predicted octanol–water partition coefficient (Wildman–Crippen LogP) is 4.27. The summed E-state index contributed by atoms with van der Waals surface area (Å²) in [6.45, 7) is 3.26. The van der Waals surface area contributed by atoms with Crippen LogP contribution in [0.4, 0.5) is 13.2 Å². The minimum atomic E-state index is -4.30. The number of alkyl halides is 3. The van der Waals surface area contributed by atoms with Crippen molar-refractivity contribution < 1.29 is 13.2 Å². The topological polar surface area (TPSA) is 27.6 Å². The number of guanidine groups is 1. The smallest absolute Gasteiger partial charge is 0.357 e. The van der Waals surface area contributed by atoms with E-state index >= 15 is 0 Å². The number of hydrogen-bond acceptors (Lipinski definition) is 1. The fraction of sp³-hybridized carbons (Fsp3) is 0.588. The summed E-state index contributed by atoms with van der Waals surface area (Å²) >= 11 is 0. The molecule has 0 atom stereocenters. The molecule has 0 radical (unpaired) electrons. The van der Waals surface area contributed by atoms with Crippen LogP contribution < -0.4 is 5.32 Å². The fourth-order valence-electron chi connectivity index (χ4n) is 2.91. The average molecular weight is 455 g/mol. The minimum Gasteiger partial charge on any atom is -0.357 e. The molecule has 1 aliphatic rings.